The van der Waals surface area contributed by atoms with Crippen LogP contribution in [-0.4, -0.2) is 77.7 Å². The third-order valence-electron chi connectivity index (χ3n) is 5.67. The number of rotatable bonds is 6. The maximum atomic E-state index is 12.6. The van der Waals surface area contributed by atoms with Crippen molar-refractivity contribution in [1.29, 1.82) is 0 Å². The van der Waals surface area contributed by atoms with Crippen LogP contribution in [0.5, 0.6) is 11.5 Å². The molecule has 178 valence electrons. The summed E-state index contributed by atoms with van der Waals surface area (Å²) >= 11 is 0. The zero-order valence-electron chi connectivity index (χ0n) is 18.5. The second kappa shape index (κ2) is 9.30. The molecule has 1 saturated heterocycles. The van der Waals surface area contributed by atoms with E-state index in [2.05, 4.69) is 10.6 Å². The largest absolute Gasteiger partial charge is 0.506 e. The second-order valence-electron chi connectivity index (χ2n) is 8.61. The Bertz CT molecular complexity index is 1020. The van der Waals surface area contributed by atoms with Crippen LogP contribution in [0.15, 0.2) is 24.3 Å². The number of carbonyl (C=O) groups is 2. The molecule has 3 rings (SSSR count). The summed E-state index contributed by atoms with van der Waals surface area (Å²) in [6.07, 6.45) is 0. The topological polar surface area (TPSA) is 206 Å². The molecule has 12 nitrogen and oxygen atoms in total. The molecule has 33 heavy (non-hydrogen) atoms. The van der Waals surface area contributed by atoms with Crippen LogP contribution < -0.4 is 33.6 Å². The second-order valence-corrected chi connectivity index (χ2v) is 8.61. The molecule has 12 N–H and O–H groups in total. The average Bonchev–Trinajstić information content (AvgIpc) is 2.69. The molecule has 1 aliphatic rings. The van der Waals surface area contributed by atoms with E-state index >= 15 is 0 Å². The molecule has 0 aliphatic carbocycles. The van der Waals surface area contributed by atoms with E-state index in [-0.39, 0.29) is 59.2 Å². The lowest BCUT2D eigenvalue weighted by Gasteiger charge is -2.41. The summed E-state index contributed by atoms with van der Waals surface area (Å²) < 4.78 is 0.464. The van der Waals surface area contributed by atoms with Gasteiger partial charge in [0.15, 0.2) is 6.54 Å². The fourth-order valence-corrected chi connectivity index (χ4v) is 3.83. The third kappa shape index (κ3) is 5.87. The van der Waals surface area contributed by atoms with Crippen LogP contribution >= 0.6 is 0 Å². The fourth-order valence-electron chi connectivity index (χ4n) is 3.83. The molecule has 1 fully saturated rings. The van der Waals surface area contributed by atoms with Gasteiger partial charge in [-0.05, 0) is 12.1 Å². The summed E-state index contributed by atoms with van der Waals surface area (Å²) in [5.74, 6) is -0.982. The van der Waals surface area contributed by atoms with Crippen LogP contribution in [0, 0.1) is 0 Å². The van der Waals surface area contributed by atoms with Crippen molar-refractivity contribution in [2.45, 2.75) is 0 Å². The molecule has 1 heterocycles. The monoisotopic (exact) mass is 459 g/mol. The molecular formula is C21H31N8O4+. The number of phenols is 2. The van der Waals surface area contributed by atoms with Gasteiger partial charge in [0.2, 0.25) is 5.91 Å². The molecule has 2 amide bonds. The van der Waals surface area contributed by atoms with Gasteiger partial charge in [0, 0.05) is 36.6 Å². The molecular weight excluding hydrogens is 428 g/mol. The number of aromatic hydroxyl groups is 2. The van der Waals surface area contributed by atoms with E-state index in [4.69, 9.17) is 22.9 Å². The minimum atomic E-state index is -0.315. The number of quaternary nitrogens is 1. The van der Waals surface area contributed by atoms with Gasteiger partial charge in [-0.15, -0.1) is 0 Å². The number of likely N-dealkylation sites (N-methyl/N-ethyl adjacent to an activating group) is 1. The van der Waals surface area contributed by atoms with Gasteiger partial charge in [0.1, 0.15) is 22.9 Å². The van der Waals surface area contributed by atoms with Gasteiger partial charge in [0.05, 0.1) is 38.1 Å². The van der Waals surface area contributed by atoms with Crippen LogP contribution in [-0.2, 0) is 9.59 Å². The molecule has 0 unspecified atom stereocenters. The van der Waals surface area contributed by atoms with E-state index in [0.29, 0.717) is 42.0 Å². The first-order valence-electron chi connectivity index (χ1n) is 10.4. The van der Waals surface area contributed by atoms with Crippen molar-refractivity contribution < 1.29 is 24.3 Å². The minimum Gasteiger partial charge on any atom is -0.506 e. The number of phenolic OH excluding ortho intramolecular Hbond substituents is 2. The molecule has 0 aromatic heterocycles. The highest BCUT2D eigenvalue weighted by molar-refractivity contribution is 5.98. The smallest absolute Gasteiger partial charge is 0.279 e. The summed E-state index contributed by atoms with van der Waals surface area (Å²) in [5, 5.41) is 25.3. The lowest BCUT2D eigenvalue weighted by atomic mass is 10.2. The van der Waals surface area contributed by atoms with Crippen molar-refractivity contribution in [3.05, 3.63) is 24.3 Å². The zero-order chi connectivity index (χ0) is 24.3. The maximum absolute atomic E-state index is 12.6. The van der Waals surface area contributed by atoms with Crippen LogP contribution in [0.25, 0.3) is 0 Å². The van der Waals surface area contributed by atoms with Gasteiger partial charge in [-0.3, -0.25) is 14.5 Å². The number of carbonyl (C=O) groups excluding carboxylic acids is 2. The number of nitrogens with zero attached hydrogens (tertiary/aromatic N) is 2. The Labute approximate surface area is 191 Å². The van der Waals surface area contributed by atoms with Gasteiger partial charge in [-0.2, -0.15) is 0 Å². The molecule has 0 radical (unpaired) electrons. The Morgan fingerprint density at radius 2 is 1.33 bits per heavy atom. The van der Waals surface area contributed by atoms with E-state index in [9.17, 15) is 19.8 Å². The van der Waals surface area contributed by atoms with E-state index in [0.717, 1.165) is 0 Å². The fraction of sp³-hybridized carbons (Fsp3) is 0.333. The predicted octanol–water partition coefficient (Wildman–Crippen LogP) is -0.234. The summed E-state index contributed by atoms with van der Waals surface area (Å²) in [6, 6.07) is 5.57. The molecule has 12 heteroatoms. The highest BCUT2D eigenvalue weighted by Crippen LogP contribution is 2.33. The Balaban J connectivity index is 1.51. The standard InChI is InChI=1S/C21H30N8O4/c1-29(11-19(33)27-21-15(25)7-13(23)9-17(21)31)4-2-28(3-5-29)10-18(32)26-20-14(24)6-12(22)8-16(20)30/h6-9H,2-5,10-11,22-25H2,1H3,(H3-,26,27,30,31,32,33)/p+1. The first-order chi connectivity index (χ1) is 15.5. The van der Waals surface area contributed by atoms with E-state index in [1.54, 1.807) is 0 Å². The quantitative estimate of drug-likeness (QED) is 0.163. The summed E-state index contributed by atoms with van der Waals surface area (Å²) in [7, 11) is 1.95. The van der Waals surface area contributed by atoms with Crippen LogP contribution in [0.1, 0.15) is 0 Å². The molecule has 0 saturated carbocycles. The number of nitrogens with two attached hydrogens (primary N) is 4. The zero-order valence-corrected chi connectivity index (χ0v) is 18.5. The van der Waals surface area contributed by atoms with Crippen LogP contribution in [0.3, 0.4) is 0 Å². The normalized spacial score (nSPS) is 15.7. The first-order valence-corrected chi connectivity index (χ1v) is 10.4. The SMILES string of the molecule is C[N+]1(CC(=O)Nc2c(N)cc(N)cc2O)CCN(CC(=O)Nc2c(N)cc(N)cc2O)CC1. The van der Waals surface area contributed by atoms with Crippen LogP contribution in [0.2, 0.25) is 0 Å². The number of nitrogens with one attached hydrogen (secondary N) is 2. The predicted molar refractivity (Wildman–Crippen MR) is 128 cm³/mol. The van der Waals surface area contributed by atoms with Crippen molar-refractivity contribution >= 4 is 45.9 Å². The van der Waals surface area contributed by atoms with E-state index < -0.39 is 0 Å². The molecule has 2 aromatic carbocycles. The molecule has 0 bridgehead atoms. The number of nitrogen functional groups attached to an aromatic ring is 4. The Kier molecular flexibility index (Phi) is 6.70. The summed E-state index contributed by atoms with van der Waals surface area (Å²) in [6.45, 7) is 2.76. The summed E-state index contributed by atoms with van der Waals surface area (Å²) in [4.78, 5) is 27.0. The van der Waals surface area contributed by atoms with E-state index in [1.807, 2.05) is 11.9 Å². The Morgan fingerprint density at radius 3 is 1.79 bits per heavy atom. The number of benzene rings is 2. The number of amides is 2. The van der Waals surface area contributed by atoms with Gasteiger partial charge < -0.3 is 48.3 Å². The summed E-state index contributed by atoms with van der Waals surface area (Å²) in [5.41, 5.74) is 24.2. The number of hydrogen-bond donors (Lipinski definition) is 8. The van der Waals surface area contributed by atoms with Gasteiger partial charge in [0.25, 0.3) is 5.91 Å². The lowest BCUT2D eigenvalue weighted by molar-refractivity contribution is -0.905. The number of hydrogen-bond acceptors (Lipinski definition) is 9. The molecule has 0 atom stereocenters. The van der Waals surface area contributed by atoms with Gasteiger partial charge in [-0.25, -0.2) is 0 Å². The highest BCUT2D eigenvalue weighted by Gasteiger charge is 2.32. The average molecular weight is 460 g/mol. The molecule has 0 spiro atoms. The van der Waals surface area contributed by atoms with Crippen molar-refractivity contribution in [3.63, 3.8) is 0 Å². The number of piperazine rings is 1. The molecule has 1 aliphatic heterocycles. The van der Waals surface area contributed by atoms with E-state index in [1.165, 1.54) is 24.3 Å². The van der Waals surface area contributed by atoms with Gasteiger partial charge in [-0.1, -0.05) is 0 Å². The van der Waals surface area contributed by atoms with Crippen LogP contribution in [0.4, 0.5) is 34.1 Å². The first kappa shape index (κ1) is 23.8. The van der Waals surface area contributed by atoms with Crippen molar-refractivity contribution in [3.8, 4) is 11.5 Å². The lowest BCUT2D eigenvalue weighted by Crippen LogP contribution is -2.60. The number of anilines is 6. The highest BCUT2D eigenvalue weighted by atomic mass is 16.3. The maximum Gasteiger partial charge on any atom is 0.279 e. The van der Waals surface area contributed by atoms with Gasteiger partial charge >= 0.3 is 0 Å². The minimum absolute atomic E-state index is 0.116. The van der Waals surface area contributed by atoms with Crippen molar-refractivity contribution in [2.75, 3.05) is 79.9 Å². The molecule has 2 aromatic rings. The van der Waals surface area contributed by atoms with Crippen molar-refractivity contribution in [2.24, 2.45) is 0 Å². The Morgan fingerprint density at radius 1 is 0.879 bits per heavy atom. The third-order valence-corrected chi connectivity index (χ3v) is 5.67. The Hall–Kier alpha value is -3.90. The van der Waals surface area contributed by atoms with Crippen molar-refractivity contribution in [1.82, 2.24) is 4.90 Å².